The lowest BCUT2D eigenvalue weighted by Gasteiger charge is -2.27. The Morgan fingerprint density at radius 2 is 1.82 bits per heavy atom. The molecule has 1 N–H and O–H groups in total. The molecule has 0 spiro atoms. The maximum Gasteiger partial charge on any atom is 0.411 e. The highest BCUT2D eigenvalue weighted by atomic mass is 19.4. The summed E-state index contributed by atoms with van der Waals surface area (Å²) in [6.45, 7) is 3.63. The van der Waals surface area contributed by atoms with Gasteiger partial charge in [0.25, 0.3) is 0 Å². The summed E-state index contributed by atoms with van der Waals surface area (Å²) in [5.41, 5.74) is -1.25. The second-order valence-electron chi connectivity index (χ2n) is 3.69. The molecule has 0 aliphatic heterocycles. The van der Waals surface area contributed by atoms with Crippen molar-refractivity contribution in [2.24, 2.45) is 0 Å². The number of carbonyl (C=O) groups excluding carboxylic acids is 1. The Morgan fingerprint density at radius 1 is 1.24 bits per heavy atom. The van der Waals surface area contributed by atoms with E-state index in [-0.39, 0.29) is 13.2 Å². The third kappa shape index (κ3) is 6.48. The Labute approximate surface area is 98.5 Å². The van der Waals surface area contributed by atoms with E-state index in [1.165, 1.54) is 6.92 Å². The van der Waals surface area contributed by atoms with Gasteiger partial charge in [-0.1, -0.05) is 6.92 Å². The van der Waals surface area contributed by atoms with Gasteiger partial charge in [0.1, 0.15) is 12.1 Å². The minimum atomic E-state index is -4.40. The second kappa shape index (κ2) is 6.80. The molecule has 0 aliphatic carbocycles. The average molecular weight is 257 g/mol. The lowest BCUT2D eigenvalue weighted by Crippen LogP contribution is -2.54. The molecule has 17 heavy (non-hydrogen) atoms. The van der Waals surface area contributed by atoms with Crippen molar-refractivity contribution in [1.29, 1.82) is 0 Å². The highest BCUT2D eigenvalue weighted by Crippen LogP contribution is 2.16. The molecule has 0 aromatic rings. The van der Waals surface area contributed by atoms with Gasteiger partial charge in [0.2, 0.25) is 0 Å². The van der Waals surface area contributed by atoms with Crippen LogP contribution in [0, 0.1) is 0 Å². The van der Waals surface area contributed by atoms with Gasteiger partial charge in [-0.05, 0) is 20.4 Å². The number of esters is 1. The predicted octanol–water partition coefficient (Wildman–Crippen LogP) is 1.50. The molecule has 0 heterocycles. The van der Waals surface area contributed by atoms with Crippen molar-refractivity contribution >= 4 is 5.97 Å². The van der Waals surface area contributed by atoms with Crippen molar-refractivity contribution in [3.63, 3.8) is 0 Å². The Bertz CT molecular complexity index is 245. The SMILES string of the molecule is CCNC(C)(COCC(F)(F)F)C(=O)OCC. The fourth-order valence-electron chi connectivity index (χ4n) is 1.23. The summed E-state index contributed by atoms with van der Waals surface area (Å²) in [7, 11) is 0. The molecule has 1 unspecified atom stereocenters. The van der Waals surface area contributed by atoms with Gasteiger partial charge in [0.15, 0.2) is 0 Å². The number of nitrogens with one attached hydrogen (secondary N) is 1. The zero-order valence-electron chi connectivity index (χ0n) is 10.2. The lowest BCUT2D eigenvalue weighted by molar-refractivity contribution is -0.182. The van der Waals surface area contributed by atoms with E-state index in [1.807, 2.05) is 0 Å². The van der Waals surface area contributed by atoms with Gasteiger partial charge < -0.3 is 14.8 Å². The van der Waals surface area contributed by atoms with Crippen molar-refractivity contribution in [3.8, 4) is 0 Å². The first-order chi connectivity index (χ1) is 7.75. The molecule has 102 valence electrons. The van der Waals surface area contributed by atoms with E-state index in [4.69, 9.17) is 4.74 Å². The zero-order valence-corrected chi connectivity index (χ0v) is 10.2. The molecule has 0 aromatic carbocycles. The smallest absolute Gasteiger partial charge is 0.411 e. The van der Waals surface area contributed by atoms with E-state index in [0.29, 0.717) is 6.54 Å². The maximum atomic E-state index is 11.9. The molecule has 0 amide bonds. The third-order valence-corrected chi connectivity index (χ3v) is 1.95. The van der Waals surface area contributed by atoms with Crippen LogP contribution >= 0.6 is 0 Å². The second-order valence-corrected chi connectivity index (χ2v) is 3.69. The van der Waals surface area contributed by atoms with Crippen molar-refractivity contribution in [3.05, 3.63) is 0 Å². The minimum Gasteiger partial charge on any atom is -0.465 e. The first-order valence-electron chi connectivity index (χ1n) is 5.32. The van der Waals surface area contributed by atoms with Crippen LogP contribution in [0.25, 0.3) is 0 Å². The zero-order chi connectivity index (χ0) is 13.5. The molecule has 0 bridgehead atoms. The van der Waals surface area contributed by atoms with E-state index < -0.39 is 24.3 Å². The number of likely N-dealkylation sites (N-methyl/N-ethyl adjacent to an activating group) is 1. The molecular formula is C10H18F3NO3. The van der Waals surface area contributed by atoms with Crippen LogP contribution in [0.3, 0.4) is 0 Å². The van der Waals surface area contributed by atoms with E-state index in [2.05, 4.69) is 10.1 Å². The molecule has 0 radical (unpaired) electrons. The lowest BCUT2D eigenvalue weighted by atomic mass is 10.0. The number of halogens is 3. The quantitative estimate of drug-likeness (QED) is 0.702. The maximum absolute atomic E-state index is 11.9. The summed E-state index contributed by atoms with van der Waals surface area (Å²) in [6.07, 6.45) is -4.40. The number of ether oxygens (including phenoxy) is 2. The Kier molecular flexibility index (Phi) is 6.48. The summed E-state index contributed by atoms with van der Waals surface area (Å²) in [5.74, 6) is -0.621. The molecule has 0 rings (SSSR count). The highest BCUT2D eigenvalue weighted by molar-refractivity contribution is 5.80. The van der Waals surface area contributed by atoms with E-state index >= 15 is 0 Å². The van der Waals surface area contributed by atoms with Crippen LogP contribution in [0.4, 0.5) is 13.2 Å². The van der Waals surface area contributed by atoms with Crippen LogP contribution in [0.5, 0.6) is 0 Å². The van der Waals surface area contributed by atoms with Gasteiger partial charge in [0, 0.05) is 0 Å². The van der Waals surface area contributed by atoms with Crippen molar-refractivity contribution in [2.45, 2.75) is 32.5 Å². The molecule has 0 aromatic heterocycles. The predicted molar refractivity (Wildman–Crippen MR) is 55.6 cm³/mol. The molecule has 7 heteroatoms. The van der Waals surface area contributed by atoms with Crippen LogP contribution < -0.4 is 5.32 Å². The van der Waals surface area contributed by atoms with E-state index in [9.17, 15) is 18.0 Å². The molecule has 0 saturated carbocycles. The Balaban J connectivity index is 4.35. The summed E-state index contributed by atoms with van der Waals surface area (Å²) in [4.78, 5) is 11.6. The first kappa shape index (κ1) is 16.2. The van der Waals surface area contributed by atoms with Crippen molar-refractivity contribution in [1.82, 2.24) is 5.32 Å². The van der Waals surface area contributed by atoms with Crippen LogP contribution in [0.2, 0.25) is 0 Å². The highest BCUT2D eigenvalue weighted by Gasteiger charge is 2.36. The average Bonchev–Trinajstić information content (AvgIpc) is 2.16. The van der Waals surface area contributed by atoms with Gasteiger partial charge >= 0.3 is 12.1 Å². The van der Waals surface area contributed by atoms with Crippen LogP contribution in [-0.2, 0) is 14.3 Å². The van der Waals surface area contributed by atoms with Crippen LogP contribution in [0.15, 0.2) is 0 Å². The van der Waals surface area contributed by atoms with E-state index in [1.54, 1.807) is 13.8 Å². The van der Waals surface area contributed by atoms with E-state index in [0.717, 1.165) is 0 Å². The standard InChI is InChI=1S/C10H18F3NO3/c1-4-14-9(3,8(15)17-5-2)6-16-7-10(11,12)13/h14H,4-7H2,1-3H3. The van der Waals surface area contributed by atoms with Gasteiger partial charge in [-0.2, -0.15) is 13.2 Å². The van der Waals surface area contributed by atoms with Crippen molar-refractivity contribution < 1.29 is 27.4 Å². The first-order valence-corrected chi connectivity index (χ1v) is 5.32. The fraction of sp³-hybridized carbons (Fsp3) is 0.900. The van der Waals surface area contributed by atoms with Gasteiger partial charge in [0.05, 0.1) is 13.2 Å². The van der Waals surface area contributed by atoms with Crippen molar-refractivity contribution in [2.75, 3.05) is 26.4 Å². The molecule has 0 fully saturated rings. The van der Waals surface area contributed by atoms with Gasteiger partial charge in [-0.15, -0.1) is 0 Å². The topological polar surface area (TPSA) is 47.6 Å². The summed E-state index contributed by atoms with van der Waals surface area (Å²) in [5, 5.41) is 2.76. The minimum absolute atomic E-state index is 0.166. The van der Waals surface area contributed by atoms with Crippen LogP contribution in [-0.4, -0.2) is 44.0 Å². The molecule has 4 nitrogen and oxygen atoms in total. The monoisotopic (exact) mass is 257 g/mol. The summed E-state index contributed by atoms with van der Waals surface area (Å²) >= 11 is 0. The number of hydrogen-bond acceptors (Lipinski definition) is 4. The number of hydrogen-bond donors (Lipinski definition) is 1. The molecule has 0 aliphatic rings. The number of alkyl halides is 3. The van der Waals surface area contributed by atoms with Crippen LogP contribution in [0.1, 0.15) is 20.8 Å². The number of rotatable bonds is 7. The molecular weight excluding hydrogens is 239 g/mol. The largest absolute Gasteiger partial charge is 0.465 e. The summed E-state index contributed by atoms with van der Waals surface area (Å²) < 4.78 is 45.0. The molecule has 1 atom stereocenters. The van der Waals surface area contributed by atoms with Gasteiger partial charge in [-0.3, -0.25) is 0 Å². The normalized spacial score (nSPS) is 15.4. The third-order valence-electron chi connectivity index (χ3n) is 1.95. The number of carbonyl (C=O) groups is 1. The summed E-state index contributed by atoms with van der Waals surface area (Å²) in [6, 6.07) is 0. The fourth-order valence-corrected chi connectivity index (χ4v) is 1.23. The Morgan fingerprint density at radius 3 is 2.24 bits per heavy atom. The van der Waals surface area contributed by atoms with Gasteiger partial charge in [-0.25, -0.2) is 4.79 Å². The molecule has 0 saturated heterocycles. The Hall–Kier alpha value is -0.820.